The average Bonchev–Trinajstić information content (AvgIpc) is 3.33. The number of H-pyrrole nitrogens is 2. The Balaban J connectivity index is 1.40. The highest BCUT2D eigenvalue weighted by Gasteiger charge is 2.22. The third-order valence-corrected chi connectivity index (χ3v) is 7.24. The van der Waals surface area contributed by atoms with E-state index in [0.29, 0.717) is 29.3 Å². The van der Waals surface area contributed by atoms with Gasteiger partial charge in [0, 0.05) is 50.2 Å². The molecule has 2 aromatic carbocycles. The van der Waals surface area contributed by atoms with E-state index in [9.17, 15) is 14.4 Å². The van der Waals surface area contributed by atoms with Gasteiger partial charge in [0.05, 0.1) is 22.6 Å². The predicted octanol–water partition coefficient (Wildman–Crippen LogP) is 3.31. The summed E-state index contributed by atoms with van der Waals surface area (Å²) in [5, 5.41) is 6.29. The van der Waals surface area contributed by atoms with Crippen molar-refractivity contribution in [3.05, 3.63) is 70.1 Å². The summed E-state index contributed by atoms with van der Waals surface area (Å²) in [5.74, 6) is 0.0216. The van der Waals surface area contributed by atoms with Crippen molar-refractivity contribution >= 4 is 40.3 Å². The SMILES string of the molecule is CC(=O)NC1CCN(c2cc(C)c3nc(-c4c(NCC(C=O)c5cccc(N)c5)cc[nH]c4=O)[nH]c3c2)CC1. The summed E-state index contributed by atoms with van der Waals surface area (Å²) in [4.78, 5) is 49.4. The monoisotopic (exact) mass is 527 g/mol. The van der Waals surface area contributed by atoms with Gasteiger partial charge >= 0.3 is 0 Å². The van der Waals surface area contributed by atoms with Crippen molar-refractivity contribution in [2.24, 2.45) is 0 Å². The van der Waals surface area contributed by atoms with Crippen molar-refractivity contribution in [1.29, 1.82) is 0 Å². The molecule has 0 radical (unpaired) electrons. The maximum absolute atomic E-state index is 13.0. The molecular weight excluding hydrogens is 494 g/mol. The molecule has 202 valence electrons. The maximum atomic E-state index is 13.0. The van der Waals surface area contributed by atoms with Gasteiger partial charge in [-0.15, -0.1) is 0 Å². The van der Waals surface area contributed by atoms with Crippen molar-refractivity contribution in [2.75, 3.05) is 35.6 Å². The highest BCUT2D eigenvalue weighted by atomic mass is 16.1. The summed E-state index contributed by atoms with van der Waals surface area (Å²) in [7, 11) is 0. The second kappa shape index (κ2) is 11.0. The van der Waals surface area contributed by atoms with E-state index >= 15 is 0 Å². The van der Waals surface area contributed by atoms with Gasteiger partial charge in [0.2, 0.25) is 5.91 Å². The zero-order valence-electron chi connectivity index (χ0n) is 22.1. The molecule has 3 heterocycles. The lowest BCUT2D eigenvalue weighted by atomic mass is 10.00. The number of anilines is 3. The van der Waals surface area contributed by atoms with E-state index in [2.05, 4.69) is 37.6 Å². The number of aryl methyl sites for hydroxylation is 1. The summed E-state index contributed by atoms with van der Waals surface area (Å²) < 4.78 is 0. The Labute approximate surface area is 226 Å². The van der Waals surface area contributed by atoms with Crippen LogP contribution in [0.15, 0.2) is 53.5 Å². The Morgan fingerprint density at radius 1 is 1.23 bits per heavy atom. The summed E-state index contributed by atoms with van der Waals surface area (Å²) in [6, 6.07) is 13.4. The van der Waals surface area contributed by atoms with Gasteiger partial charge in [-0.25, -0.2) is 4.98 Å². The van der Waals surface area contributed by atoms with Gasteiger partial charge in [-0.05, 0) is 61.2 Å². The third kappa shape index (κ3) is 5.64. The quantitative estimate of drug-likeness (QED) is 0.174. The molecule has 1 fully saturated rings. The minimum Gasteiger partial charge on any atom is -0.399 e. The van der Waals surface area contributed by atoms with E-state index in [1.54, 1.807) is 31.3 Å². The zero-order chi connectivity index (χ0) is 27.5. The van der Waals surface area contributed by atoms with E-state index < -0.39 is 5.92 Å². The number of aromatic amines is 2. The smallest absolute Gasteiger partial charge is 0.261 e. The Bertz CT molecular complexity index is 1570. The van der Waals surface area contributed by atoms with Crippen molar-refractivity contribution in [3.8, 4) is 11.4 Å². The van der Waals surface area contributed by atoms with Gasteiger partial charge in [-0.1, -0.05) is 12.1 Å². The Morgan fingerprint density at radius 3 is 2.74 bits per heavy atom. The number of hydrogen-bond acceptors (Lipinski definition) is 7. The topological polar surface area (TPSA) is 149 Å². The molecule has 6 N–H and O–H groups in total. The number of imidazole rings is 1. The van der Waals surface area contributed by atoms with Crippen LogP contribution >= 0.6 is 0 Å². The molecule has 1 unspecified atom stereocenters. The normalized spacial score (nSPS) is 14.8. The number of carbonyl (C=O) groups excluding carboxylic acids is 2. The predicted molar refractivity (Wildman–Crippen MR) is 154 cm³/mol. The molecule has 0 saturated carbocycles. The highest BCUT2D eigenvalue weighted by Crippen LogP contribution is 2.30. The van der Waals surface area contributed by atoms with Crippen molar-refractivity contribution in [1.82, 2.24) is 20.3 Å². The van der Waals surface area contributed by atoms with Gasteiger partial charge in [0.1, 0.15) is 17.7 Å². The number of rotatable bonds is 8. The lowest BCUT2D eigenvalue weighted by molar-refractivity contribution is -0.119. The summed E-state index contributed by atoms with van der Waals surface area (Å²) in [5.41, 5.74) is 11.7. The number of hydrogen-bond donors (Lipinski definition) is 5. The summed E-state index contributed by atoms with van der Waals surface area (Å²) >= 11 is 0. The standard InChI is InChI=1S/C29H33N7O3/c1-17-12-23(36-10-7-22(8-11-36)33-18(2)38)14-25-27(17)35-28(34-25)26-24(6-9-31-29(26)39)32-15-20(16-37)19-4-3-5-21(30)13-19/h3-6,9,12-14,16,20,22H,7-8,10-11,15,30H2,1-2H3,(H,33,38)(H,34,35)(H2,31,32,39). The molecule has 1 aliphatic heterocycles. The van der Waals surface area contributed by atoms with Crippen LogP contribution in [0.3, 0.4) is 0 Å². The van der Waals surface area contributed by atoms with Crippen LogP contribution in [0.25, 0.3) is 22.4 Å². The molecule has 1 saturated heterocycles. The molecule has 10 nitrogen and oxygen atoms in total. The number of piperidine rings is 1. The number of nitrogen functional groups attached to an aromatic ring is 1. The highest BCUT2D eigenvalue weighted by molar-refractivity contribution is 5.87. The molecule has 4 aromatic rings. The number of pyridine rings is 1. The Kier molecular flexibility index (Phi) is 7.36. The van der Waals surface area contributed by atoms with Crippen LogP contribution in [-0.4, -0.2) is 52.8 Å². The van der Waals surface area contributed by atoms with Gasteiger partial charge in [-0.2, -0.15) is 0 Å². The van der Waals surface area contributed by atoms with Gasteiger partial charge < -0.3 is 36.0 Å². The molecule has 0 bridgehead atoms. The molecular formula is C29H33N7O3. The average molecular weight is 528 g/mol. The van der Waals surface area contributed by atoms with Crippen LogP contribution in [-0.2, 0) is 9.59 Å². The fraction of sp³-hybridized carbons (Fsp3) is 0.310. The van der Waals surface area contributed by atoms with Crippen molar-refractivity contribution in [2.45, 2.75) is 38.6 Å². The number of carbonyl (C=O) groups is 2. The molecule has 1 aliphatic rings. The van der Waals surface area contributed by atoms with Crippen LogP contribution < -0.4 is 26.8 Å². The van der Waals surface area contributed by atoms with Crippen LogP contribution in [0, 0.1) is 6.92 Å². The van der Waals surface area contributed by atoms with Crippen LogP contribution in [0.2, 0.25) is 0 Å². The van der Waals surface area contributed by atoms with E-state index in [4.69, 9.17) is 10.7 Å². The van der Waals surface area contributed by atoms with Crippen molar-refractivity contribution in [3.63, 3.8) is 0 Å². The lowest BCUT2D eigenvalue weighted by Gasteiger charge is -2.34. The lowest BCUT2D eigenvalue weighted by Crippen LogP contribution is -2.44. The molecule has 0 spiro atoms. The van der Waals surface area contributed by atoms with Gasteiger partial charge in [0.25, 0.3) is 5.56 Å². The van der Waals surface area contributed by atoms with Gasteiger partial charge in [0.15, 0.2) is 0 Å². The first-order valence-electron chi connectivity index (χ1n) is 13.1. The first-order chi connectivity index (χ1) is 18.8. The van der Waals surface area contributed by atoms with Gasteiger partial charge in [-0.3, -0.25) is 9.59 Å². The molecule has 39 heavy (non-hydrogen) atoms. The second-order valence-electron chi connectivity index (χ2n) is 10.1. The molecule has 0 aliphatic carbocycles. The van der Waals surface area contributed by atoms with E-state index in [1.165, 1.54) is 0 Å². The first-order valence-corrected chi connectivity index (χ1v) is 13.1. The number of aldehydes is 1. The second-order valence-corrected chi connectivity index (χ2v) is 10.1. The fourth-order valence-corrected chi connectivity index (χ4v) is 5.26. The minimum absolute atomic E-state index is 0.00639. The van der Waals surface area contributed by atoms with E-state index in [0.717, 1.165) is 60.1 Å². The number of fused-ring (bicyclic) bond motifs is 1. The number of aromatic nitrogens is 3. The van der Waals surface area contributed by atoms with Crippen molar-refractivity contribution < 1.29 is 9.59 Å². The molecule has 1 amide bonds. The summed E-state index contributed by atoms with van der Waals surface area (Å²) in [6.07, 6.45) is 4.22. The Morgan fingerprint density at radius 2 is 2.03 bits per heavy atom. The molecule has 5 rings (SSSR count). The summed E-state index contributed by atoms with van der Waals surface area (Å²) in [6.45, 7) is 5.54. The fourth-order valence-electron chi connectivity index (χ4n) is 5.26. The number of nitrogens with one attached hydrogen (secondary N) is 4. The minimum atomic E-state index is -0.434. The number of nitrogens with zero attached hydrogens (tertiary/aromatic N) is 2. The molecule has 1 atom stereocenters. The molecule has 2 aromatic heterocycles. The van der Waals surface area contributed by atoms with E-state index in [1.807, 2.05) is 19.1 Å². The van der Waals surface area contributed by atoms with E-state index in [-0.39, 0.29) is 17.5 Å². The molecule has 10 heteroatoms. The number of benzene rings is 2. The van der Waals surface area contributed by atoms with Crippen LogP contribution in [0.4, 0.5) is 17.1 Å². The maximum Gasteiger partial charge on any atom is 0.261 e. The van der Waals surface area contributed by atoms with Crippen LogP contribution in [0.1, 0.15) is 36.8 Å². The third-order valence-electron chi connectivity index (χ3n) is 7.24. The number of amides is 1. The van der Waals surface area contributed by atoms with Crippen LogP contribution in [0.5, 0.6) is 0 Å². The Hall–Kier alpha value is -4.60. The number of nitrogens with two attached hydrogens (primary N) is 1. The zero-order valence-corrected chi connectivity index (χ0v) is 22.1. The largest absolute Gasteiger partial charge is 0.399 e. The first kappa shape index (κ1) is 26.0.